The third-order valence-electron chi connectivity index (χ3n) is 0.926. The van der Waals surface area contributed by atoms with Crippen LogP contribution in [0.1, 0.15) is 5.56 Å². The molecule has 0 saturated carbocycles. The molecule has 0 atom stereocenters. The minimum atomic E-state index is 0. The fraction of sp³-hybridized carbons (Fsp3) is 0. The van der Waals surface area contributed by atoms with Crippen molar-refractivity contribution in [2.24, 2.45) is 0 Å². The van der Waals surface area contributed by atoms with Crippen LogP contribution in [0, 0.1) is 5.88 Å². The van der Waals surface area contributed by atoms with Crippen molar-refractivity contribution in [1.82, 2.24) is 0 Å². The summed E-state index contributed by atoms with van der Waals surface area (Å²) in [5.41, 5.74) is 1.05. The Hall–Kier alpha value is 0.436. The summed E-state index contributed by atoms with van der Waals surface area (Å²) in [4.78, 5) is 0. The number of halogens is 2. The molecule has 0 amide bonds. The molecule has 0 aromatic heterocycles. The first-order chi connectivity index (χ1) is 3.93. The van der Waals surface area contributed by atoms with Crippen molar-refractivity contribution < 1.29 is 12.4 Å². The van der Waals surface area contributed by atoms with Crippen LogP contribution in [0.5, 0.6) is 0 Å². The first-order valence-electron chi connectivity index (χ1n) is 2.42. The number of hydrogen-bond acceptors (Lipinski definition) is 0. The summed E-state index contributed by atoms with van der Waals surface area (Å²) < 4.78 is 0. The molecule has 1 aromatic carbocycles. The van der Waals surface area contributed by atoms with Crippen LogP contribution in [-0.2, 0) is 0 Å². The van der Waals surface area contributed by atoms with Gasteiger partial charge in [-0.3, -0.25) is 0 Å². The Morgan fingerprint density at radius 3 is 1.90 bits per heavy atom. The van der Waals surface area contributed by atoms with E-state index in [0.717, 1.165) is 5.56 Å². The van der Waals surface area contributed by atoms with Crippen LogP contribution in [0.25, 0.3) is 0 Å². The predicted molar refractivity (Wildman–Crippen MR) is 41.5 cm³/mol. The topological polar surface area (TPSA) is 0 Å². The molecule has 0 nitrogen and oxygen atoms in total. The van der Waals surface area contributed by atoms with Gasteiger partial charge in [0.1, 0.15) is 0 Å². The zero-order valence-electron chi connectivity index (χ0n) is 5.43. The smallest absolute Gasteiger partial charge is 1.00 e. The molecule has 50 valence electrons. The van der Waals surface area contributed by atoms with Gasteiger partial charge in [0.2, 0.25) is 0 Å². The minimum Gasteiger partial charge on any atom is -1.00 e. The summed E-state index contributed by atoms with van der Waals surface area (Å²) in [5, 5.41) is 0. The van der Waals surface area contributed by atoms with E-state index in [2.05, 4.69) is 0 Å². The first kappa shape index (κ1) is 13.1. The summed E-state index contributed by atoms with van der Waals surface area (Å²) >= 11 is 5.40. The van der Waals surface area contributed by atoms with Crippen molar-refractivity contribution in [2.45, 2.75) is 0 Å². The van der Waals surface area contributed by atoms with E-state index in [4.69, 9.17) is 11.6 Å². The Kier molecular flexibility index (Phi) is 9.85. The van der Waals surface area contributed by atoms with Gasteiger partial charge in [0, 0.05) is 0 Å². The summed E-state index contributed by atoms with van der Waals surface area (Å²) in [6, 6.07) is 9.77. The van der Waals surface area contributed by atoms with Gasteiger partial charge in [-0.15, -0.1) is 12.1 Å². The molecule has 0 radical (unpaired) electrons. The Balaban J connectivity index is 0. The average molecular weight is 185 g/mol. The molecular weight excluding hydrogens is 179 g/mol. The average Bonchev–Trinajstić information content (AvgIpc) is 1.90. The van der Waals surface area contributed by atoms with Gasteiger partial charge < -0.3 is 12.4 Å². The minimum absolute atomic E-state index is 0. The van der Waals surface area contributed by atoms with Crippen LogP contribution in [-0.4, -0.2) is 23.1 Å². The molecular formula is C7H6Cl2Mg. The van der Waals surface area contributed by atoms with Gasteiger partial charge in [-0.1, -0.05) is 11.9 Å². The van der Waals surface area contributed by atoms with Crippen LogP contribution in [0.15, 0.2) is 30.3 Å². The first-order valence-corrected chi connectivity index (χ1v) is 2.85. The van der Waals surface area contributed by atoms with E-state index in [9.17, 15) is 0 Å². The second-order valence-corrected chi connectivity index (χ2v) is 1.74. The molecule has 0 unspecified atom stereocenters. The molecule has 0 bridgehead atoms. The number of benzene rings is 1. The van der Waals surface area contributed by atoms with E-state index < -0.39 is 0 Å². The summed E-state index contributed by atoms with van der Waals surface area (Å²) in [7, 11) is 0. The maximum Gasteiger partial charge on any atom is 2.00 e. The van der Waals surface area contributed by atoms with Crippen LogP contribution >= 0.6 is 11.6 Å². The Morgan fingerprint density at radius 2 is 1.60 bits per heavy atom. The van der Waals surface area contributed by atoms with E-state index in [0.29, 0.717) is 0 Å². The quantitative estimate of drug-likeness (QED) is 0.391. The fourth-order valence-electron chi connectivity index (χ4n) is 0.526. The van der Waals surface area contributed by atoms with Crippen LogP contribution < -0.4 is 12.4 Å². The molecule has 0 aliphatic rings. The molecule has 3 heteroatoms. The predicted octanol–water partition coefficient (Wildman–Crippen LogP) is -0.942. The maximum atomic E-state index is 5.40. The summed E-state index contributed by atoms with van der Waals surface area (Å²) in [5.74, 6) is 1.56. The van der Waals surface area contributed by atoms with Crippen LogP contribution in [0.3, 0.4) is 0 Å². The summed E-state index contributed by atoms with van der Waals surface area (Å²) in [6.45, 7) is 0. The fourth-order valence-corrected chi connectivity index (χ4v) is 0.671. The molecule has 0 spiro atoms. The molecule has 0 aliphatic heterocycles. The van der Waals surface area contributed by atoms with Crippen LogP contribution in [0.2, 0.25) is 0 Å². The van der Waals surface area contributed by atoms with E-state index in [1.807, 2.05) is 30.3 Å². The van der Waals surface area contributed by atoms with Crippen molar-refractivity contribution in [1.29, 1.82) is 0 Å². The maximum absolute atomic E-state index is 5.40. The van der Waals surface area contributed by atoms with Gasteiger partial charge in [0.05, 0.1) is 0 Å². The molecule has 0 saturated heterocycles. The molecule has 0 N–H and O–H groups in total. The van der Waals surface area contributed by atoms with E-state index >= 15 is 0 Å². The normalized spacial score (nSPS) is 6.90. The molecule has 1 rings (SSSR count). The molecule has 0 aliphatic carbocycles. The van der Waals surface area contributed by atoms with E-state index in [-0.39, 0.29) is 35.5 Å². The number of rotatable bonds is 1. The molecule has 0 fully saturated rings. The second kappa shape index (κ2) is 7.54. The molecule has 1 aromatic rings. The third-order valence-corrected chi connectivity index (χ3v) is 1.18. The Labute approximate surface area is 88.5 Å². The van der Waals surface area contributed by atoms with E-state index in [1.165, 1.54) is 0 Å². The molecule has 0 heterocycles. The zero-order valence-corrected chi connectivity index (χ0v) is 8.35. The zero-order chi connectivity index (χ0) is 5.82. The van der Waals surface area contributed by atoms with E-state index in [1.54, 1.807) is 5.88 Å². The second-order valence-electron chi connectivity index (χ2n) is 1.52. The van der Waals surface area contributed by atoms with Gasteiger partial charge in [-0.05, 0) is 0 Å². The largest absolute Gasteiger partial charge is 2.00 e. The van der Waals surface area contributed by atoms with Crippen molar-refractivity contribution in [3.8, 4) is 0 Å². The van der Waals surface area contributed by atoms with Crippen LogP contribution in [0.4, 0.5) is 0 Å². The monoisotopic (exact) mass is 184 g/mol. The van der Waals surface area contributed by atoms with Crippen molar-refractivity contribution >= 4 is 34.7 Å². The van der Waals surface area contributed by atoms with Gasteiger partial charge in [0.15, 0.2) is 0 Å². The third kappa shape index (κ3) is 4.28. The Morgan fingerprint density at radius 1 is 1.10 bits per heavy atom. The SMILES string of the molecule is Cl[CH-]c1ccccc1.[Cl-].[Mg+2]. The standard InChI is InChI=1S/C7H6Cl.ClH.Mg/c8-6-7-4-2-1-3-5-7;;/h1-6H;1H;/q-1;;+2/p-1. The van der Waals surface area contributed by atoms with Crippen molar-refractivity contribution in [3.63, 3.8) is 0 Å². The van der Waals surface area contributed by atoms with Gasteiger partial charge in [0.25, 0.3) is 0 Å². The van der Waals surface area contributed by atoms with Crippen molar-refractivity contribution in [3.05, 3.63) is 41.8 Å². The van der Waals surface area contributed by atoms with Gasteiger partial charge in [-0.25, -0.2) is 0 Å². The van der Waals surface area contributed by atoms with Gasteiger partial charge >= 0.3 is 23.1 Å². The Bertz CT molecular complexity index is 153. The van der Waals surface area contributed by atoms with Crippen molar-refractivity contribution in [2.75, 3.05) is 0 Å². The van der Waals surface area contributed by atoms with Gasteiger partial charge in [-0.2, -0.15) is 29.3 Å². The molecule has 10 heavy (non-hydrogen) atoms. The number of hydrogen-bond donors (Lipinski definition) is 0. The summed E-state index contributed by atoms with van der Waals surface area (Å²) in [6.07, 6.45) is 0.